The minimum atomic E-state index is -2.30. The fourth-order valence-corrected chi connectivity index (χ4v) is 0.575. The van der Waals surface area contributed by atoms with Gasteiger partial charge in [0, 0.05) is 23.7 Å². The first kappa shape index (κ1) is 5.99. The van der Waals surface area contributed by atoms with Crippen LogP contribution in [-0.2, 0) is 0 Å². The van der Waals surface area contributed by atoms with Gasteiger partial charge in [-0.3, -0.25) is 0 Å². The summed E-state index contributed by atoms with van der Waals surface area (Å²) in [5.41, 5.74) is 0. The van der Waals surface area contributed by atoms with Crippen LogP contribution in [0.2, 0.25) is 0 Å². The third kappa shape index (κ3) is 4.35. The molecule has 5 nitrogen and oxygen atoms in total. The Labute approximate surface area is 85.6 Å². The van der Waals surface area contributed by atoms with E-state index < -0.39 is 30.8 Å². The summed E-state index contributed by atoms with van der Waals surface area (Å²) in [5, 5.41) is 4.42. The van der Waals surface area contributed by atoms with Gasteiger partial charge in [0.1, 0.15) is 0 Å². The number of carbonyl (C=O) groups excluding carboxylic acids is 1. The summed E-state index contributed by atoms with van der Waals surface area (Å²) in [4.78, 5) is 21.4. The zero-order chi connectivity index (χ0) is 13.0. The van der Waals surface area contributed by atoms with Crippen molar-refractivity contribution in [3.05, 3.63) is 4.91 Å². The highest BCUT2D eigenvalue weighted by molar-refractivity contribution is 6.18. The van der Waals surface area contributed by atoms with Crippen LogP contribution in [0.25, 0.3) is 0 Å². The maximum atomic E-state index is 11.2. The van der Waals surface area contributed by atoms with E-state index in [0.717, 1.165) is 0 Å². The van der Waals surface area contributed by atoms with E-state index in [-0.39, 0.29) is 5.01 Å². The van der Waals surface area contributed by atoms with Gasteiger partial charge in [0.15, 0.2) is 0 Å². The number of nitrogens with zero attached hydrogens (tertiary/aromatic N) is 2. The van der Waals surface area contributed by atoms with Crippen LogP contribution < -0.4 is 5.32 Å². The Morgan fingerprint density at radius 2 is 2.25 bits per heavy atom. The van der Waals surface area contributed by atoms with E-state index in [4.69, 9.17) is 28.7 Å². The molecule has 12 heavy (non-hydrogen) atoms. The number of amides is 2. The first-order valence-corrected chi connectivity index (χ1v) is 3.57. The van der Waals surface area contributed by atoms with Crippen LogP contribution in [0, 0.1) is 4.91 Å². The van der Waals surface area contributed by atoms with Crippen LogP contribution in [0.1, 0.15) is 5.48 Å². The van der Waals surface area contributed by atoms with E-state index in [1.165, 1.54) is 0 Å². The van der Waals surface area contributed by atoms with Crippen molar-refractivity contribution in [2.75, 3.05) is 24.8 Å². The van der Waals surface area contributed by atoms with Crippen molar-refractivity contribution in [2.45, 2.75) is 0 Å². The standard InChI is InChI=1S/C5H9Cl2N3O2/c6-1-3-8-5(11)10(9-12)4-2-7/h1-4H2,(H,8,11)/i1D2,2D2. The van der Waals surface area contributed by atoms with Crippen LogP contribution in [0.4, 0.5) is 4.79 Å². The smallest absolute Gasteiger partial charge is 0.335 e. The summed E-state index contributed by atoms with van der Waals surface area (Å²) in [5.74, 6) is -4.46. The van der Waals surface area contributed by atoms with E-state index in [1.54, 1.807) is 0 Å². The molecule has 1 N–H and O–H groups in total. The Hall–Kier alpha value is -0.550. The van der Waals surface area contributed by atoms with E-state index in [1.807, 2.05) is 5.32 Å². The van der Waals surface area contributed by atoms with Gasteiger partial charge in [-0.05, 0) is 0 Å². The second-order valence-electron chi connectivity index (χ2n) is 1.57. The highest BCUT2D eigenvalue weighted by Gasteiger charge is 2.11. The molecule has 0 saturated heterocycles. The lowest BCUT2D eigenvalue weighted by Gasteiger charge is -2.11. The molecule has 70 valence electrons. The molecule has 0 bridgehead atoms. The summed E-state index contributed by atoms with van der Waals surface area (Å²) < 4.78 is 27.6. The zero-order valence-electron chi connectivity index (χ0n) is 9.88. The van der Waals surface area contributed by atoms with E-state index in [2.05, 4.69) is 5.29 Å². The number of nitrogens with one attached hydrogen (secondary N) is 1. The van der Waals surface area contributed by atoms with Gasteiger partial charge >= 0.3 is 6.03 Å². The SMILES string of the molecule is [2H]C([2H])(Cl)CNC(=O)N(CC([2H])([2H])Cl)N=O. The molecule has 0 atom stereocenters. The monoisotopic (exact) mass is 217 g/mol. The number of nitroso groups, excluding NO2 is 1. The second-order valence-corrected chi connectivity index (χ2v) is 2.10. The average molecular weight is 218 g/mol. The van der Waals surface area contributed by atoms with Gasteiger partial charge in [0.2, 0.25) is 0 Å². The van der Waals surface area contributed by atoms with Crippen LogP contribution >= 0.6 is 23.2 Å². The Morgan fingerprint density at radius 3 is 2.67 bits per heavy atom. The average Bonchev–Trinajstić information content (AvgIpc) is 2.07. The lowest BCUT2D eigenvalue weighted by Crippen LogP contribution is -2.38. The van der Waals surface area contributed by atoms with Crippen molar-refractivity contribution < 1.29 is 10.3 Å². The van der Waals surface area contributed by atoms with E-state index >= 15 is 0 Å². The molecule has 2 amide bonds. The summed E-state index contributed by atoms with van der Waals surface area (Å²) in [7, 11) is 0. The molecule has 0 fully saturated rings. The number of urea groups is 1. The fourth-order valence-electron chi connectivity index (χ4n) is 0.395. The summed E-state index contributed by atoms with van der Waals surface area (Å²) in [6, 6.07) is -1.08. The highest BCUT2D eigenvalue weighted by Crippen LogP contribution is 1.91. The number of rotatable bonds is 5. The molecule has 7 heteroatoms. The summed E-state index contributed by atoms with van der Waals surface area (Å²) in [6.45, 7) is -1.31. The number of hydrogen-bond acceptors (Lipinski definition) is 3. The normalized spacial score (nSPS) is 16.5. The molecular formula is C5H9Cl2N3O2. The molecule has 0 aliphatic rings. The van der Waals surface area contributed by atoms with Gasteiger partial charge in [-0.15, -0.1) is 28.1 Å². The van der Waals surface area contributed by atoms with Crippen LogP contribution in [0.3, 0.4) is 0 Å². The van der Waals surface area contributed by atoms with Gasteiger partial charge in [0.05, 0.1) is 11.8 Å². The molecule has 0 aromatic heterocycles. The zero-order valence-corrected chi connectivity index (χ0v) is 7.39. The van der Waals surface area contributed by atoms with Crippen molar-refractivity contribution in [1.29, 1.82) is 0 Å². The lowest BCUT2D eigenvalue weighted by molar-refractivity contribution is 0.203. The van der Waals surface area contributed by atoms with Gasteiger partial charge in [0.25, 0.3) is 0 Å². The molecule has 0 aromatic rings. The summed E-state index contributed by atoms with van der Waals surface area (Å²) in [6.07, 6.45) is 0. The van der Waals surface area contributed by atoms with E-state index in [0.29, 0.717) is 0 Å². The predicted octanol–water partition coefficient (Wildman–Crippen LogP) is 1.16. The van der Waals surface area contributed by atoms with Crippen molar-refractivity contribution in [3.63, 3.8) is 0 Å². The molecule has 0 aliphatic heterocycles. The van der Waals surface area contributed by atoms with Gasteiger partial charge < -0.3 is 5.32 Å². The molecule has 0 saturated carbocycles. The molecule has 0 rings (SSSR count). The van der Waals surface area contributed by atoms with Crippen molar-refractivity contribution >= 4 is 29.2 Å². The molecule has 0 aromatic carbocycles. The molecule has 0 aliphatic carbocycles. The third-order valence-electron chi connectivity index (χ3n) is 0.849. The minimum absolute atomic E-state index is 0.204. The van der Waals surface area contributed by atoms with Crippen LogP contribution in [-0.4, -0.2) is 35.8 Å². The molecular weight excluding hydrogens is 205 g/mol. The Bertz CT molecular complexity index is 267. The van der Waals surface area contributed by atoms with Crippen molar-refractivity contribution in [1.82, 2.24) is 10.3 Å². The predicted molar refractivity (Wildman–Crippen MR) is 47.3 cm³/mol. The largest absolute Gasteiger partial charge is 0.340 e. The minimum Gasteiger partial charge on any atom is -0.335 e. The van der Waals surface area contributed by atoms with Gasteiger partial charge in [-0.25, -0.2) is 4.79 Å². The first-order chi connectivity index (χ1) is 7.05. The highest BCUT2D eigenvalue weighted by atomic mass is 35.5. The van der Waals surface area contributed by atoms with Crippen molar-refractivity contribution in [3.8, 4) is 0 Å². The quantitative estimate of drug-likeness (QED) is 0.427. The molecule has 0 radical (unpaired) electrons. The van der Waals surface area contributed by atoms with Crippen molar-refractivity contribution in [2.24, 2.45) is 5.29 Å². The van der Waals surface area contributed by atoms with E-state index in [9.17, 15) is 9.70 Å². The Kier molecular flexibility index (Phi) is 3.55. The number of alkyl halides is 2. The maximum absolute atomic E-state index is 11.2. The summed E-state index contributed by atoms with van der Waals surface area (Å²) >= 11 is 10.3. The topological polar surface area (TPSA) is 61.8 Å². The number of carbonyl (C=O) groups is 1. The molecule has 0 unspecified atom stereocenters. The Morgan fingerprint density at radius 1 is 1.58 bits per heavy atom. The lowest BCUT2D eigenvalue weighted by atomic mass is 10.6. The third-order valence-corrected chi connectivity index (χ3v) is 1.10. The maximum Gasteiger partial charge on any atom is 0.340 e. The number of hydrogen-bond donors (Lipinski definition) is 1. The second kappa shape index (κ2) is 7.12. The van der Waals surface area contributed by atoms with Gasteiger partial charge in [-0.2, -0.15) is 5.01 Å². The molecule has 0 spiro atoms. The fraction of sp³-hybridized carbons (Fsp3) is 0.800. The van der Waals surface area contributed by atoms with Gasteiger partial charge in [-0.1, -0.05) is 0 Å². The first-order valence-electron chi connectivity index (χ1n) is 4.82. The Balaban J connectivity index is 4.28. The van der Waals surface area contributed by atoms with Crippen LogP contribution in [0.5, 0.6) is 0 Å². The molecule has 0 heterocycles. The van der Waals surface area contributed by atoms with Crippen LogP contribution in [0.15, 0.2) is 5.29 Å². The number of halogens is 2.